The van der Waals surface area contributed by atoms with Crippen LogP contribution in [0.1, 0.15) is 38.9 Å². The summed E-state index contributed by atoms with van der Waals surface area (Å²) in [7, 11) is 0. The molecule has 0 bridgehead atoms. The first-order valence-corrected chi connectivity index (χ1v) is 5.39. The predicted octanol–water partition coefficient (Wildman–Crippen LogP) is 2.29. The summed E-state index contributed by atoms with van der Waals surface area (Å²) in [5.74, 6) is 0.525. The first-order valence-electron chi connectivity index (χ1n) is 5.39. The number of nitrogens with zero attached hydrogens (tertiary/aromatic N) is 3. The van der Waals surface area contributed by atoms with Crippen molar-refractivity contribution in [2.75, 3.05) is 5.73 Å². The van der Waals surface area contributed by atoms with Crippen LogP contribution < -0.4 is 5.73 Å². The number of hydrogen-bond donors (Lipinski definition) is 1. The van der Waals surface area contributed by atoms with Crippen LogP contribution in [0.5, 0.6) is 0 Å². The van der Waals surface area contributed by atoms with Gasteiger partial charge in [0.15, 0.2) is 0 Å². The highest BCUT2D eigenvalue weighted by Crippen LogP contribution is 2.30. The molecule has 16 heavy (non-hydrogen) atoms. The van der Waals surface area contributed by atoms with Crippen molar-refractivity contribution in [3.05, 3.63) is 15.8 Å². The van der Waals surface area contributed by atoms with E-state index in [4.69, 9.17) is 5.73 Å². The Morgan fingerprint density at radius 2 is 2.12 bits per heavy atom. The molecule has 1 aromatic heterocycles. The van der Waals surface area contributed by atoms with Gasteiger partial charge >= 0.3 is 5.69 Å². The van der Waals surface area contributed by atoms with Crippen molar-refractivity contribution in [3.63, 3.8) is 0 Å². The molecule has 1 aromatic rings. The van der Waals surface area contributed by atoms with Gasteiger partial charge in [-0.3, -0.25) is 10.1 Å². The van der Waals surface area contributed by atoms with E-state index in [0.29, 0.717) is 11.6 Å². The fourth-order valence-electron chi connectivity index (χ4n) is 1.67. The number of aromatic nitrogens is 2. The average molecular weight is 226 g/mol. The number of nitro groups is 1. The SMILES string of the molecule is CCC(C)C(C)n1nc(C)c([N+](=O)[O-])c1N. The summed E-state index contributed by atoms with van der Waals surface area (Å²) >= 11 is 0. The van der Waals surface area contributed by atoms with Crippen LogP contribution in [-0.2, 0) is 0 Å². The van der Waals surface area contributed by atoms with Gasteiger partial charge in [-0.15, -0.1) is 0 Å². The maximum absolute atomic E-state index is 10.8. The summed E-state index contributed by atoms with van der Waals surface area (Å²) in [6.07, 6.45) is 0.979. The Hall–Kier alpha value is -1.59. The Kier molecular flexibility index (Phi) is 3.51. The largest absolute Gasteiger partial charge is 0.378 e. The Morgan fingerprint density at radius 3 is 2.50 bits per heavy atom. The molecule has 0 radical (unpaired) electrons. The second kappa shape index (κ2) is 4.51. The first kappa shape index (κ1) is 12.5. The zero-order valence-corrected chi connectivity index (χ0v) is 10.1. The monoisotopic (exact) mass is 226 g/mol. The molecular formula is C10H18N4O2. The smallest absolute Gasteiger partial charge is 0.333 e. The van der Waals surface area contributed by atoms with Crippen LogP contribution in [0.3, 0.4) is 0 Å². The number of rotatable bonds is 4. The van der Waals surface area contributed by atoms with Gasteiger partial charge in [0.2, 0.25) is 5.82 Å². The second-order valence-electron chi connectivity index (χ2n) is 4.15. The molecule has 2 N–H and O–H groups in total. The van der Waals surface area contributed by atoms with Crippen molar-refractivity contribution in [2.45, 2.75) is 40.2 Å². The average Bonchev–Trinajstić information content (AvgIpc) is 2.51. The highest BCUT2D eigenvalue weighted by molar-refractivity contribution is 5.56. The summed E-state index contributed by atoms with van der Waals surface area (Å²) in [6, 6.07) is 0.0670. The lowest BCUT2D eigenvalue weighted by atomic mass is 10.0. The fraction of sp³-hybridized carbons (Fsp3) is 0.700. The third-order valence-electron chi connectivity index (χ3n) is 3.13. The van der Waals surface area contributed by atoms with Gasteiger partial charge in [0.25, 0.3) is 0 Å². The molecular weight excluding hydrogens is 208 g/mol. The van der Waals surface area contributed by atoms with Gasteiger partial charge in [-0.1, -0.05) is 20.3 Å². The molecule has 2 unspecified atom stereocenters. The lowest BCUT2D eigenvalue weighted by Crippen LogP contribution is -2.17. The van der Waals surface area contributed by atoms with Crippen LogP contribution in [0.15, 0.2) is 0 Å². The molecule has 0 fully saturated rings. The number of nitrogen functional groups attached to an aromatic ring is 1. The third kappa shape index (κ3) is 2.00. The third-order valence-corrected chi connectivity index (χ3v) is 3.13. The summed E-state index contributed by atoms with van der Waals surface area (Å²) < 4.78 is 1.56. The molecule has 0 aromatic carbocycles. The van der Waals surface area contributed by atoms with Crippen molar-refractivity contribution in [1.29, 1.82) is 0 Å². The summed E-state index contributed by atoms with van der Waals surface area (Å²) in [4.78, 5) is 10.3. The quantitative estimate of drug-likeness (QED) is 0.630. The molecule has 6 heteroatoms. The minimum Gasteiger partial charge on any atom is -0.378 e. The van der Waals surface area contributed by atoms with E-state index in [2.05, 4.69) is 18.9 Å². The molecule has 2 atom stereocenters. The Morgan fingerprint density at radius 1 is 1.56 bits per heavy atom. The van der Waals surface area contributed by atoms with Gasteiger partial charge in [0.05, 0.1) is 11.0 Å². The number of aryl methyl sites for hydroxylation is 1. The normalized spacial score (nSPS) is 14.8. The van der Waals surface area contributed by atoms with Crippen LogP contribution in [0.4, 0.5) is 11.5 Å². The van der Waals surface area contributed by atoms with Crippen molar-refractivity contribution in [3.8, 4) is 0 Å². The Balaban J connectivity index is 3.17. The van der Waals surface area contributed by atoms with E-state index in [1.807, 2.05) is 6.92 Å². The maximum atomic E-state index is 10.8. The van der Waals surface area contributed by atoms with E-state index in [1.54, 1.807) is 11.6 Å². The zero-order valence-electron chi connectivity index (χ0n) is 10.1. The van der Waals surface area contributed by atoms with Crippen molar-refractivity contribution in [1.82, 2.24) is 9.78 Å². The number of anilines is 1. The highest BCUT2D eigenvalue weighted by atomic mass is 16.6. The first-order chi connectivity index (χ1) is 7.40. The lowest BCUT2D eigenvalue weighted by molar-refractivity contribution is -0.384. The summed E-state index contributed by atoms with van der Waals surface area (Å²) in [5, 5.41) is 14.9. The molecule has 0 aliphatic rings. The predicted molar refractivity (Wildman–Crippen MR) is 62.2 cm³/mol. The summed E-state index contributed by atoms with van der Waals surface area (Å²) in [5.41, 5.74) is 6.06. The van der Waals surface area contributed by atoms with Crippen LogP contribution >= 0.6 is 0 Å². The molecule has 0 aliphatic heterocycles. The van der Waals surface area contributed by atoms with Gasteiger partial charge in [0.1, 0.15) is 5.69 Å². The minimum atomic E-state index is -0.475. The van der Waals surface area contributed by atoms with Gasteiger partial charge in [-0.2, -0.15) is 5.10 Å². The van der Waals surface area contributed by atoms with Gasteiger partial charge in [0, 0.05) is 0 Å². The Labute approximate surface area is 94.6 Å². The van der Waals surface area contributed by atoms with Gasteiger partial charge < -0.3 is 5.73 Å². The molecule has 0 saturated carbocycles. The van der Waals surface area contributed by atoms with Gasteiger partial charge in [-0.05, 0) is 19.8 Å². The van der Waals surface area contributed by atoms with Crippen LogP contribution in [-0.4, -0.2) is 14.7 Å². The van der Waals surface area contributed by atoms with E-state index in [9.17, 15) is 10.1 Å². The number of nitrogens with two attached hydrogens (primary N) is 1. The zero-order chi connectivity index (χ0) is 12.5. The van der Waals surface area contributed by atoms with E-state index < -0.39 is 4.92 Å². The lowest BCUT2D eigenvalue weighted by Gasteiger charge is -2.19. The second-order valence-corrected chi connectivity index (χ2v) is 4.15. The standard InChI is InChI=1S/C10H18N4O2/c1-5-6(2)8(4)13-10(11)9(14(15)16)7(3)12-13/h6,8H,5,11H2,1-4H3. The van der Waals surface area contributed by atoms with Crippen molar-refractivity contribution in [2.24, 2.45) is 5.92 Å². The molecule has 90 valence electrons. The molecule has 6 nitrogen and oxygen atoms in total. The van der Waals surface area contributed by atoms with Crippen LogP contribution in [0, 0.1) is 23.0 Å². The summed E-state index contributed by atoms with van der Waals surface area (Å²) in [6.45, 7) is 7.73. The van der Waals surface area contributed by atoms with E-state index in [-0.39, 0.29) is 17.5 Å². The minimum absolute atomic E-state index is 0.0670. The molecule has 0 saturated heterocycles. The molecule has 0 aliphatic carbocycles. The molecule has 1 heterocycles. The van der Waals surface area contributed by atoms with E-state index in [0.717, 1.165) is 6.42 Å². The fourth-order valence-corrected chi connectivity index (χ4v) is 1.67. The van der Waals surface area contributed by atoms with Crippen molar-refractivity contribution >= 4 is 11.5 Å². The van der Waals surface area contributed by atoms with Gasteiger partial charge in [-0.25, -0.2) is 4.68 Å². The van der Waals surface area contributed by atoms with Crippen molar-refractivity contribution < 1.29 is 4.92 Å². The van der Waals surface area contributed by atoms with E-state index in [1.165, 1.54) is 0 Å². The maximum Gasteiger partial charge on any atom is 0.333 e. The van der Waals surface area contributed by atoms with Crippen LogP contribution in [0.2, 0.25) is 0 Å². The molecule has 0 spiro atoms. The van der Waals surface area contributed by atoms with Crippen LogP contribution in [0.25, 0.3) is 0 Å². The highest BCUT2D eigenvalue weighted by Gasteiger charge is 2.26. The molecule has 1 rings (SSSR count). The van der Waals surface area contributed by atoms with E-state index >= 15 is 0 Å². The topological polar surface area (TPSA) is 87.0 Å². The number of hydrogen-bond acceptors (Lipinski definition) is 4. The molecule has 0 amide bonds. The Bertz CT molecular complexity index is 400.